The van der Waals surface area contributed by atoms with E-state index in [0.29, 0.717) is 39.0 Å². The van der Waals surface area contributed by atoms with Crippen molar-refractivity contribution in [3.63, 3.8) is 0 Å². The molecule has 0 bridgehead atoms. The highest BCUT2D eigenvalue weighted by molar-refractivity contribution is 5.81. The van der Waals surface area contributed by atoms with E-state index in [1.54, 1.807) is 0 Å². The van der Waals surface area contributed by atoms with Crippen molar-refractivity contribution in [3.05, 3.63) is 0 Å². The SMILES string of the molecule is CN1CCN(C(=O)C2CCN(C3C(F)CNCC3NC(=O)C3C(N)NN4CC(F)CN(C5CCCCCCC5)C34)CC2)CC1(C)C. The van der Waals surface area contributed by atoms with Crippen molar-refractivity contribution in [3.8, 4) is 0 Å². The number of piperazine rings is 1. The molecule has 0 aromatic heterocycles. The molecule has 11 nitrogen and oxygen atoms in total. The summed E-state index contributed by atoms with van der Waals surface area (Å²) in [6.07, 6.45) is 6.12. The van der Waals surface area contributed by atoms with Crippen LogP contribution in [0.4, 0.5) is 8.78 Å². The Kier molecular flexibility index (Phi) is 10.9. The Morgan fingerprint density at radius 1 is 0.913 bits per heavy atom. The number of nitrogens with one attached hydrogen (secondary N) is 3. The van der Waals surface area contributed by atoms with Gasteiger partial charge in [-0.05, 0) is 59.7 Å². The number of likely N-dealkylation sites (tertiary alicyclic amines) is 1. The van der Waals surface area contributed by atoms with Crippen LogP contribution in [0.15, 0.2) is 0 Å². The summed E-state index contributed by atoms with van der Waals surface area (Å²) in [6.45, 7) is 9.14. The molecule has 5 heterocycles. The van der Waals surface area contributed by atoms with Crippen LogP contribution >= 0.6 is 0 Å². The second-order valence-corrected chi connectivity index (χ2v) is 15.6. The van der Waals surface area contributed by atoms with Gasteiger partial charge in [0.2, 0.25) is 11.8 Å². The van der Waals surface area contributed by atoms with Crippen LogP contribution in [0.5, 0.6) is 0 Å². The zero-order chi connectivity index (χ0) is 32.6. The van der Waals surface area contributed by atoms with Crippen LogP contribution < -0.4 is 21.8 Å². The molecule has 5 N–H and O–H groups in total. The zero-order valence-electron chi connectivity index (χ0n) is 28.3. The molecule has 1 saturated carbocycles. The van der Waals surface area contributed by atoms with E-state index in [9.17, 15) is 9.59 Å². The number of nitrogens with zero attached hydrogens (tertiary/aromatic N) is 5. The van der Waals surface area contributed by atoms with E-state index in [-0.39, 0.29) is 48.6 Å². The minimum absolute atomic E-state index is 0.0533. The lowest BCUT2D eigenvalue weighted by Gasteiger charge is -2.48. The number of likely N-dealkylation sites (N-methyl/N-ethyl adjacent to an activating group) is 1. The molecule has 7 unspecified atom stereocenters. The fraction of sp³-hybridized carbons (Fsp3) is 0.939. The summed E-state index contributed by atoms with van der Waals surface area (Å²) >= 11 is 0. The third-order valence-electron chi connectivity index (χ3n) is 12.1. The van der Waals surface area contributed by atoms with Gasteiger partial charge in [0.25, 0.3) is 0 Å². The number of piperidine rings is 2. The predicted octanol–water partition coefficient (Wildman–Crippen LogP) is 0.860. The first-order chi connectivity index (χ1) is 22.0. The second kappa shape index (κ2) is 14.6. The number of carbonyl (C=O) groups is 2. The topological polar surface area (TPSA) is 112 Å². The minimum Gasteiger partial charge on any atom is -0.350 e. The van der Waals surface area contributed by atoms with Gasteiger partial charge in [0.15, 0.2) is 0 Å². The number of hydrogen-bond donors (Lipinski definition) is 4. The Balaban J connectivity index is 1.10. The Hall–Kier alpha value is -1.48. The molecule has 0 radical (unpaired) electrons. The molecular weight excluding hydrogens is 592 g/mol. The zero-order valence-corrected chi connectivity index (χ0v) is 28.3. The monoisotopic (exact) mass is 651 g/mol. The molecular formula is C33H59F2N9O2. The number of hydrogen-bond acceptors (Lipinski definition) is 9. The quantitative estimate of drug-likeness (QED) is 0.344. The first kappa shape index (κ1) is 34.4. The fourth-order valence-electron chi connectivity index (χ4n) is 9.21. The number of nitrogens with two attached hydrogens (primary N) is 1. The molecule has 262 valence electrons. The van der Waals surface area contributed by atoms with Gasteiger partial charge in [0.1, 0.15) is 12.3 Å². The molecule has 1 aliphatic carbocycles. The number of halogens is 2. The van der Waals surface area contributed by atoms with Gasteiger partial charge in [0, 0.05) is 63.3 Å². The Morgan fingerprint density at radius 2 is 1.61 bits per heavy atom. The number of hydrazine groups is 1. The summed E-state index contributed by atoms with van der Waals surface area (Å²) in [6, 6.07) is -0.696. The van der Waals surface area contributed by atoms with Crippen molar-refractivity contribution in [1.82, 2.24) is 40.7 Å². The molecule has 0 aromatic carbocycles. The molecule has 5 aliphatic heterocycles. The molecule has 6 rings (SSSR count). The normalized spacial score (nSPS) is 38.2. The highest BCUT2D eigenvalue weighted by Gasteiger charge is 2.53. The van der Waals surface area contributed by atoms with E-state index >= 15 is 8.78 Å². The average molecular weight is 652 g/mol. The predicted molar refractivity (Wildman–Crippen MR) is 174 cm³/mol. The first-order valence-corrected chi connectivity index (χ1v) is 18.1. The maximum atomic E-state index is 15.7. The van der Waals surface area contributed by atoms with Gasteiger partial charge < -0.3 is 21.3 Å². The Bertz CT molecular complexity index is 1050. The van der Waals surface area contributed by atoms with Crippen LogP contribution in [0.25, 0.3) is 0 Å². The minimum atomic E-state index is -1.15. The molecule has 13 heteroatoms. The lowest BCUT2D eigenvalue weighted by molar-refractivity contribution is -0.142. The maximum Gasteiger partial charge on any atom is 0.229 e. The summed E-state index contributed by atoms with van der Waals surface area (Å²) in [5, 5.41) is 8.25. The second-order valence-electron chi connectivity index (χ2n) is 15.6. The third kappa shape index (κ3) is 7.25. The molecule has 0 aromatic rings. The van der Waals surface area contributed by atoms with Crippen molar-refractivity contribution in [2.75, 3.05) is 66.0 Å². The first-order valence-electron chi connectivity index (χ1n) is 18.1. The highest BCUT2D eigenvalue weighted by atomic mass is 19.1. The molecule has 7 atom stereocenters. The number of carbonyl (C=O) groups excluding carboxylic acids is 2. The van der Waals surface area contributed by atoms with Crippen LogP contribution in [0.2, 0.25) is 0 Å². The molecule has 46 heavy (non-hydrogen) atoms. The van der Waals surface area contributed by atoms with E-state index in [1.165, 1.54) is 19.3 Å². The van der Waals surface area contributed by atoms with Crippen LogP contribution in [0.3, 0.4) is 0 Å². The Labute approximate surface area is 274 Å². The lowest BCUT2D eigenvalue weighted by atomic mass is 9.89. The standard InChI is InChI=1S/C33H59F2N9O2/c1-33(2)21-42(16-15-40(33)3)32(46)22-11-13-41(14-12-22)28-25(35)17-37-18-26(28)38-30(45)27-29(36)39-44-20-23(34)19-43(31(27)44)24-9-7-5-4-6-8-10-24/h22-29,31,37,39H,4-21,36H2,1-3H3,(H,38,45). The third-order valence-corrected chi connectivity index (χ3v) is 12.1. The molecule has 0 spiro atoms. The van der Waals surface area contributed by atoms with Crippen molar-refractivity contribution in [2.45, 2.75) is 120 Å². The van der Waals surface area contributed by atoms with Gasteiger partial charge in [-0.1, -0.05) is 32.1 Å². The number of rotatable bonds is 5. The number of alkyl halides is 2. The van der Waals surface area contributed by atoms with Gasteiger partial charge in [0.05, 0.1) is 30.3 Å². The number of fused-ring (bicyclic) bond motifs is 1. The van der Waals surface area contributed by atoms with E-state index in [2.05, 4.69) is 51.7 Å². The smallest absolute Gasteiger partial charge is 0.229 e. The van der Waals surface area contributed by atoms with Crippen LogP contribution in [0, 0.1) is 11.8 Å². The van der Waals surface area contributed by atoms with E-state index in [1.807, 2.05) is 9.91 Å². The van der Waals surface area contributed by atoms with Crippen LogP contribution in [-0.4, -0.2) is 151 Å². The Morgan fingerprint density at radius 3 is 2.30 bits per heavy atom. The summed E-state index contributed by atoms with van der Waals surface area (Å²) in [4.78, 5) is 36.3. The van der Waals surface area contributed by atoms with Crippen molar-refractivity contribution in [1.29, 1.82) is 0 Å². The van der Waals surface area contributed by atoms with Gasteiger partial charge in [-0.25, -0.2) is 19.2 Å². The molecule has 2 amide bonds. The van der Waals surface area contributed by atoms with Crippen molar-refractivity contribution >= 4 is 11.8 Å². The lowest BCUT2D eigenvalue weighted by Crippen LogP contribution is -2.68. The fourth-order valence-corrected chi connectivity index (χ4v) is 9.21. The summed E-state index contributed by atoms with van der Waals surface area (Å²) in [7, 11) is 2.11. The van der Waals surface area contributed by atoms with Crippen molar-refractivity contribution < 1.29 is 18.4 Å². The molecule has 6 fully saturated rings. The van der Waals surface area contributed by atoms with Gasteiger partial charge in [-0.3, -0.25) is 24.3 Å². The van der Waals surface area contributed by atoms with Crippen molar-refractivity contribution in [2.24, 2.45) is 17.6 Å². The van der Waals surface area contributed by atoms with E-state index in [4.69, 9.17) is 5.73 Å². The van der Waals surface area contributed by atoms with Crippen LogP contribution in [0.1, 0.15) is 71.6 Å². The highest BCUT2D eigenvalue weighted by Crippen LogP contribution is 2.34. The number of amides is 2. The molecule has 5 saturated heterocycles. The maximum absolute atomic E-state index is 15.7. The summed E-state index contributed by atoms with van der Waals surface area (Å²) in [5.41, 5.74) is 9.73. The summed E-state index contributed by atoms with van der Waals surface area (Å²) < 4.78 is 30.7. The van der Waals surface area contributed by atoms with Gasteiger partial charge >= 0.3 is 0 Å². The van der Waals surface area contributed by atoms with Gasteiger partial charge in [-0.2, -0.15) is 0 Å². The van der Waals surface area contributed by atoms with E-state index in [0.717, 1.165) is 45.3 Å². The molecule has 6 aliphatic rings. The largest absolute Gasteiger partial charge is 0.350 e. The van der Waals surface area contributed by atoms with Gasteiger partial charge in [-0.15, -0.1) is 0 Å². The van der Waals surface area contributed by atoms with E-state index < -0.39 is 36.5 Å². The van der Waals surface area contributed by atoms with Crippen LogP contribution in [-0.2, 0) is 9.59 Å². The average Bonchev–Trinajstić information content (AvgIpc) is 3.33. The summed E-state index contributed by atoms with van der Waals surface area (Å²) in [5.74, 6) is -0.636.